The number of anilines is 2. The number of Topliss-reactive ketones (excluding diaryl/α,β-unsaturated/α-hetero) is 1. The molecule has 36 heavy (non-hydrogen) atoms. The van der Waals surface area contributed by atoms with Crippen LogP contribution in [0.15, 0.2) is 48.8 Å². The molecule has 0 unspecified atom stereocenters. The van der Waals surface area contributed by atoms with Crippen molar-refractivity contribution in [1.82, 2.24) is 14.5 Å². The van der Waals surface area contributed by atoms with Crippen LogP contribution in [0.1, 0.15) is 50.6 Å². The third-order valence-corrected chi connectivity index (χ3v) is 6.92. The monoisotopic (exact) mass is 502 g/mol. The zero-order chi connectivity index (χ0) is 25.8. The molecule has 7 heteroatoms. The van der Waals surface area contributed by atoms with Crippen LogP contribution >= 0.6 is 11.6 Å². The van der Waals surface area contributed by atoms with Crippen LogP contribution in [-0.4, -0.2) is 32.5 Å². The summed E-state index contributed by atoms with van der Waals surface area (Å²) in [7, 11) is 0. The van der Waals surface area contributed by atoms with Gasteiger partial charge >= 0.3 is 0 Å². The van der Waals surface area contributed by atoms with E-state index in [1.807, 2.05) is 51.1 Å². The third kappa shape index (κ3) is 4.18. The Kier molecular flexibility index (Phi) is 6.13. The maximum atomic E-state index is 13.2. The highest BCUT2D eigenvalue weighted by Crippen LogP contribution is 2.49. The first kappa shape index (κ1) is 24.5. The molecule has 0 N–H and O–H groups in total. The first-order chi connectivity index (χ1) is 17.1. The van der Waals surface area contributed by atoms with E-state index in [0.29, 0.717) is 11.0 Å². The van der Waals surface area contributed by atoms with Crippen molar-refractivity contribution in [3.63, 3.8) is 0 Å². The smallest absolute Gasteiger partial charge is 0.229 e. The van der Waals surface area contributed by atoms with E-state index in [9.17, 15) is 4.79 Å². The Balaban J connectivity index is 1.92. The fourth-order valence-corrected chi connectivity index (χ4v) is 5.40. The molecule has 0 aliphatic carbocycles. The number of ketones is 1. The molecule has 1 aliphatic heterocycles. The lowest BCUT2D eigenvalue weighted by Crippen LogP contribution is -2.31. The summed E-state index contributed by atoms with van der Waals surface area (Å²) in [4.78, 5) is 24.5. The van der Waals surface area contributed by atoms with Gasteiger partial charge in [-0.2, -0.15) is 0 Å². The minimum absolute atomic E-state index is 0.0377. The lowest BCUT2D eigenvalue weighted by atomic mass is 9.86. The molecule has 2 aromatic heterocycles. The van der Waals surface area contributed by atoms with Gasteiger partial charge < -0.3 is 14.2 Å². The molecule has 0 radical (unpaired) electrons. The van der Waals surface area contributed by atoms with Gasteiger partial charge in [-0.1, -0.05) is 23.7 Å². The van der Waals surface area contributed by atoms with Crippen LogP contribution in [0, 0.1) is 13.8 Å². The van der Waals surface area contributed by atoms with Crippen molar-refractivity contribution in [1.29, 1.82) is 0 Å². The van der Waals surface area contributed by atoms with Crippen LogP contribution in [0.4, 0.5) is 11.6 Å². The minimum atomic E-state index is -0.736. The SMILES string of the molecule is CC(=O)[C@@H](OC(C)(C)C)c1c(C)c2c3c(cc(C)n3CCN2c2ncccn2)c1-c1ccc(Cl)cc1. The highest BCUT2D eigenvalue weighted by atomic mass is 35.5. The van der Waals surface area contributed by atoms with Gasteiger partial charge in [-0.3, -0.25) is 4.79 Å². The molecule has 6 nitrogen and oxygen atoms in total. The molecule has 0 saturated carbocycles. The number of carbonyl (C=O) groups excluding carboxylic acids is 1. The zero-order valence-corrected chi connectivity index (χ0v) is 22.3. The first-order valence-corrected chi connectivity index (χ1v) is 12.6. The van der Waals surface area contributed by atoms with E-state index in [0.717, 1.165) is 51.9 Å². The number of carbonyl (C=O) groups is 1. The normalized spacial score (nSPS) is 14.4. The topological polar surface area (TPSA) is 60.2 Å². The van der Waals surface area contributed by atoms with Crippen LogP contribution in [0.25, 0.3) is 22.0 Å². The lowest BCUT2D eigenvalue weighted by molar-refractivity contribution is -0.138. The van der Waals surface area contributed by atoms with Crippen LogP contribution < -0.4 is 4.90 Å². The van der Waals surface area contributed by atoms with E-state index < -0.39 is 11.7 Å². The average Bonchev–Trinajstić information content (AvgIpc) is 3.17. The van der Waals surface area contributed by atoms with E-state index in [4.69, 9.17) is 16.3 Å². The number of nitrogens with zero attached hydrogens (tertiary/aromatic N) is 4. The van der Waals surface area contributed by atoms with Crippen molar-refractivity contribution in [2.45, 2.75) is 59.8 Å². The van der Waals surface area contributed by atoms with Gasteiger partial charge in [-0.15, -0.1) is 0 Å². The first-order valence-electron chi connectivity index (χ1n) is 12.2. The second-order valence-corrected chi connectivity index (χ2v) is 10.8. The Morgan fingerprint density at radius 2 is 1.75 bits per heavy atom. The highest BCUT2D eigenvalue weighted by Gasteiger charge is 2.35. The predicted molar refractivity (Wildman–Crippen MR) is 145 cm³/mol. The molecule has 1 atom stereocenters. The van der Waals surface area contributed by atoms with E-state index in [-0.39, 0.29) is 5.78 Å². The molecule has 0 amide bonds. The van der Waals surface area contributed by atoms with Gasteiger partial charge in [0.1, 0.15) is 6.10 Å². The number of halogens is 1. The summed E-state index contributed by atoms with van der Waals surface area (Å²) >= 11 is 6.26. The quantitative estimate of drug-likeness (QED) is 0.295. The van der Waals surface area contributed by atoms with E-state index in [2.05, 4.69) is 39.3 Å². The Hall–Kier alpha value is -3.22. The van der Waals surface area contributed by atoms with Crippen LogP contribution in [0.3, 0.4) is 0 Å². The highest BCUT2D eigenvalue weighted by molar-refractivity contribution is 6.30. The van der Waals surface area contributed by atoms with Gasteiger partial charge in [-0.25, -0.2) is 9.97 Å². The second kappa shape index (κ2) is 9.02. The van der Waals surface area contributed by atoms with Crippen LogP contribution in [-0.2, 0) is 16.1 Å². The Morgan fingerprint density at radius 1 is 1.08 bits per heavy atom. The Bertz CT molecular complexity index is 1450. The van der Waals surface area contributed by atoms with Gasteiger partial charge in [0.15, 0.2) is 5.78 Å². The average molecular weight is 503 g/mol. The molecule has 2 aromatic carbocycles. The fourth-order valence-electron chi connectivity index (χ4n) is 5.28. The standard InChI is InChI=1S/C29H31ClN4O2/c1-17-16-22-24(20-8-10-21(30)11-9-20)23(27(19(3)35)36-29(4,5)6)18(2)25-26(22)33(17)14-15-34(25)28-31-12-7-13-32-28/h7-13,16,27H,14-15H2,1-6H3/t27-/m1/s1. The molecule has 1 aliphatic rings. The molecular weight excluding hydrogens is 472 g/mol. The van der Waals surface area contributed by atoms with Crippen LogP contribution in [0.5, 0.6) is 0 Å². The molecular formula is C29H31ClN4O2. The third-order valence-electron chi connectivity index (χ3n) is 6.67. The van der Waals surface area contributed by atoms with E-state index >= 15 is 0 Å². The van der Waals surface area contributed by atoms with E-state index in [1.165, 1.54) is 5.69 Å². The summed E-state index contributed by atoms with van der Waals surface area (Å²) in [6, 6.07) is 11.9. The molecule has 5 rings (SSSR count). The molecule has 3 heterocycles. The predicted octanol–water partition coefficient (Wildman–Crippen LogP) is 6.97. The Labute approximate surface area is 216 Å². The molecule has 186 valence electrons. The summed E-state index contributed by atoms with van der Waals surface area (Å²) in [5.41, 5.74) is 6.66. The van der Waals surface area contributed by atoms with Crippen molar-refractivity contribution < 1.29 is 9.53 Å². The number of ether oxygens (including phenoxy) is 1. The Morgan fingerprint density at radius 3 is 2.36 bits per heavy atom. The summed E-state index contributed by atoms with van der Waals surface area (Å²) < 4.78 is 8.82. The van der Waals surface area contributed by atoms with Gasteiger partial charge in [0.05, 0.1) is 16.8 Å². The van der Waals surface area contributed by atoms with Crippen LogP contribution in [0.2, 0.25) is 5.02 Å². The van der Waals surface area contributed by atoms with Crippen molar-refractivity contribution >= 4 is 39.9 Å². The number of benzene rings is 2. The molecule has 0 fully saturated rings. The summed E-state index contributed by atoms with van der Waals surface area (Å²) in [5, 5.41) is 1.75. The number of aromatic nitrogens is 3. The lowest BCUT2D eigenvalue weighted by Gasteiger charge is -2.35. The van der Waals surface area contributed by atoms with Crippen molar-refractivity contribution in [2.75, 3.05) is 11.4 Å². The number of aryl methyl sites for hydroxylation is 1. The number of hydrogen-bond donors (Lipinski definition) is 0. The van der Waals surface area contributed by atoms with Crippen molar-refractivity contribution in [2.24, 2.45) is 0 Å². The summed E-state index contributed by atoms with van der Waals surface area (Å²) in [5.74, 6) is 0.609. The summed E-state index contributed by atoms with van der Waals surface area (Å²) in [6.45, 7) is 13.3. The summed E-state index contributed by atoms with van der Waals surface area (Å²) in [6.07, 6.45) is 2.79. The maximum Gasteiger partial charge on any atom is 0.229 e. The molecule has 0 saturated heterocycles. The second-order valence-electron chi connectivity index (χ2n) is 10.4. The van der Waals surface area contributed by atoms with Gasteiger partial charge in [0.25, 0.3) is 0 Å². The number of hydrogen-bond acceptors (Lipinski definition) is 5. The maximum absolute atomic E-state index is 13.2. The zero-order valence-electron chi connectivity index (χ0n) is 21.6. The van der Waals surface area contributed by atoms with Gasteiger partial charge in [0, 0.05) is 47.1 Å². The number of rotatable bonds is 5. The molecule has 0 spiro atoms. The minimum Gasteiger partial charge on any atom is -0.360 e. The fraction of sp³-hybridized carbons (Fsp3) is 0.345. The molecule has 4 aromatic rings. The van der Waals surface area contributed by atoms with Gasteiger partial charge in [0.2, 0.25) is 5.95 Å². The van der Waals surface area contributed by atoms with Gasteiger partial charge in [-0.05, 0) is 82.5 Å². The van der Waals surface area contributed by atoms with Crippen molar-refractivity contribution in [3.05, 3.63) is 70.6 Å². The molecule has 0 bridgehead atoms. The largest absolute Gasteiger partial charge is 0.360 e. The van der Waals surface area contributed by atoms with E-state index in [1.54, 1.807) is 19.3 Å². The van der Waals surface area contributed by atoms with Crippen molar-refractivity contribution in [3.8, 4) is 11.1 Å².